The maximum atomic E-state index is 12.5. The number of amides is 1. The maximum Gasteiger partial charge on any atom is 0.410 e. The number of likely N-dealkylation sites (tertiary alicyclic amines) is 2. The molecule has 1 atom stereocenters. The van der Waals surface area contributed by atoms with Crippen LogP contribution in [0, 0.1) is 5.41 Å². The van der Waals surface area contributed by atoms with E-state index in [1.54, 1.807) is 4.90 Å². The Morgan fingerprint density at radius 2 is 1.85 bits per heavy atom. The molecule has 0 radical (unpaired) electrons. The van der Waals surface area contributed by atoms with Crippen molar-refractivity contribution in [3.8, 4) is 0 Å². The molecule has 2 aliphatic heterocycles. The Hall–Kier alpha value is -1.59. The van der Waals surface area contributed by atoms with E-state index in [0.29, 0.717) is 19.5 Å². The first-order valence-corrected chi connectivity index (χ1v) is 9.70. The van der Waals surface area contributed by atoms with Gasteiger partial charge in [0.25, 0.3) is 0 Å². The van der Waals surface area contributed by atoms with Gasteiger partial charge in [-0.2, -0.15) is 0 Å². The summed E-state index contributed by atoms with van der Waals surface area (Å²) in [6.45, 7) is 9.70. The highest BCUT2D eigenvalue weighted by Gasteiger charge is 2.46. The van der Waals surface area contributed by atoms with Crippen molar-refractivity contribution in [1.82, 2.24) is 9.80 Å². The van der Waals surface area contributed by atoms with Crippen molar-refractivity contribution >= 4 is 6.09 Å². The average Bonchev–Trinajstić information content (AvgIpc) is 2.59. The van der Waals surface area contributed by atoms with Crippen LogP contribution in [0.25, 0.3) is 0 Å². The molecule has 0 aromatic heterocycles. The van der Waals surface area contributed by atoms with Gasteiger partial charge in [0.2, 0.25) is 0 Å². The second-order valence-corrected chi connectivity index (χ2v) is 8.83. The fourth-order valence-electron chi connectivity index (χ4n) is 4.12. The summed E-state index contributed by atoms with van der Waals surface area (Å²) in [5, 5.41) is 10.7. The van der Waals surface area contributed by atoms with Crippen LogP contribution in [0.15, 0.2) is 30.3 Å². The van der Waals surface area contributed by atoms with Gasteiger partial charge in [-0.3, -0.25) is 4.90 Å². The Labute approximate surface area is 156 Å². The quantitative estimate of drug-likeness (QED) is 0.879. The number of hydrogen-bond donors (Lipinski definition) is 1. The molecule has 1 amide bonds. The summed E-state index contributed by atoms with van der Waals surface area (Å²) in [5.74, 6) is 0. The van der Waals surface area contributed by atoms with Gasteiger partial charge in [-0.05, 0) is 58.7 Å². The van der Waals surface area contributed by atoms with Crippen molar-refractivity contribution in [2.75, 3.05) is 26.2 Å². The van der Waals surface area contributed by atoms with E-state index in [0.717, 1.165) is 32.5 Å². The zero-order valence-corrected chi connectivity index (χ0v) is 16.3. The second-order valence-electron chi connectivity index (χ2n) is 8.83. The summed E-state index contributed by atoms with van der Waals surface area (Å²) in [7, 11) is 0. The van der Waals surface area contributed by atoms with Crippen LogP contribution in [0.2, 0.25) is 0 Å². The molecule has 1 N–H and O–H groups in total. The van der Waals surface area contributed by atoms with Gasteiger partial charge in [0.1, 0.15) is 5.60 Å². The Balaban J connectivity index is 1.59. The number of aliphatic hydroxyl groups is 1. The van der Waals surface area contributed by atoms with E-state index in [-0.39, 0.29) is 17.6 Å². The summed E-state index contributed by atoms with van der Waals surface area (Å²) in [6, 6.07) is 10.5. The third kappa shape index (κ3) is 4.57. The van der Waals surface area contributed by atoms with Crippen LogP contribution in [-0.2, 0) is 11.3 Å². The smallest absolute Gasteiger partial charge is 0.410 e. The molecular formula is C21H32N2O3. The lowest BCUT2D eigenvalue weighted by Crippen LogP contribution is -2.57. The van der Waals surface area contributed by atoms with Crippen LogP contribution in [0.3, 0.4) is 0 Å². The Kier molecular flexibility index (Phi) is 5.58. The molecule has 5 heteroatoms. The van der Waals surface area contributed by atoms with E-state index >= 15 is 0 Å². The van der Waals surface area contributed by atoms with Crippen LogP contribution in [0.5, 0.6) is 0 Å². The highest BCUT2D eigenvalue weighted by Crippen LogP contribution is 2.40. The minimum absolute atomic E-state index is 0.192. The van der Waals surface area contributed by atoms with Crippen molar-refractivity contribution in [3.05, 3.63) is 35.9 Å². The Morgan fingerprint density at radius 3 is 2.46 bits per heavy atom. The molecule has 1 aromatic rings. The number of piperidine rings is 2. The predicted molar refractivity (Wildman–Crippen MR) is 102 cm³/mol. The lowest BCUT2D eigenvalue weighted by Gasteiger charge is -2.50. The average molecular weight is 360 g/mol. The van der Waals surface area contributed by atoms with Crippen LogP contribution in [0.4, 0.5) is 4.79 Å². The van der Waals surface area contributed by atoms with Gasteiger partial charge in [-0.1, -0.05) is 30.3 Å². The SMILES string of the molecule is CC(C)(C)OC(=O)N1CC[C@H](O)C2(CCN(Cc3ccccc3)CC2)C1. The molecule has 0 aliphatic carbocycles. The van der Waals surface area contributed by atoms with Crippen LogP contribution >= 0.6 is 0 Å². The molecule has 26 heavy (non-hydrogen) atoms. The normalized spacial score (nSPS) is 23.8. The van der Waals surface area contributed by atoms with Gasteiger partial charge in [-0.15, -0.1) is 0 Å². The van der Waals surface area contributed by atoms with Crippen molar-refractivity contribution in [2.24, 2.45) is 5.41 Å². The monoisotopic (exact) mass is 360 g/mol. The lowest BCUT2D eigenvalue weighted by atomic mass is 9.70. The number of ether oxygens (including phenoxy) is 1. The van der Waals surface area contributed by atoms with E-state index in [1.165, 1.54) is 5.56 Å². The van der Waals surface area contributed by atoms with Crippen molar-refractivity contribution in [3.63, 3.8) is 0 Å². The van der Waals surface area contributed by atoms with E-state index in [9.17, 15) is 9.90 Å². The molecule has 1 spiro atoms. The first kappa shape index (κ1) is 19.2. The van der Waals surface area contributed by atoms with Crippen LogP contribution in [-0.4, -0.2) is 58.9 Å². The molecule has 0 unspecified atom stereocenters. The number of carbonyl (C=O) groups excluding carboxylic acids is 1. The standard InChI is InChI=1S/C21H32N2O3/c1-20(2,3)26-19(25)23-12-9-18(24)21(16-23)10-13-22(14-11-21)15-17-7-5-4-6-8-17/h4-8,18,24H,9-16H2,1-3H3/t18-/m0/s1. The molecule has 2 heterocycles. The van der Waals surface area contributed by atoms with Gasteiger partial charge in [0.05, 0.1) is 6.10 Å². The number of nitrogens with zero attached hydrogens (tertiary/aromatic N) is 2. The molecular weight excluding hydrogens is 328 g/mol. The number of hydrogen-bond acceptors (Lipinski definition) is 4. The first-order valence-electron chi connectivity index (χ1n) is 9.70. The molecule has 2 aliphatic rings. The van der Waals surface area contributed by atoms with Crippen molar-refractivity contribution in [1.29, 1.82) is 0 Å². The summed E-state index contributed by atoms with van der Waals surface area (Å²) in [6.07, 6.45) is 1.88. The summed E-state index contributed by atoms with van der Waals surface area (Å²) in [4.78, 5) is 16.7. The predicted octanol–water partition coefficient (Wildman–Crippen LogP) is 3.27. The summed E-state index contributed by atoms with van der Waals surface area (Å²) in [5.41, 5.74) is 0.643. The zero-order chi connectivity index (χ0) is 18.8. The third-order valence-electron chi connectivity index (χ3n) is 5.64. The highest BCUT2D eigenvalue weighted by molar-refractivity contribution is 5.68. The van der Waals surface area contributed by atoms with Gasteiger partial charge in [-0.25, -0.2) is 4.79 Å². The molecule has 2 saturated heterocycles. The molecule has 3 rings (SSSR count). The van der Waals surface area contributed by atoms with Crippen LogP contribution < -0.4 is 0 Å². The van der Waals surface area contributed by atoms with Gasteiger partial charge in [0.15, 0.2) is 0 Å². The van der Waals surface area contributed by atoms with Crippen molar-refractivity contribution in [2.45, 2.75) is 58.3 Å². The fraction of sp³-hybridized carbons (Fsp3) is 0.667. The number of rotatable bonds is 2. The minimum atomic E-state index is -0.487. The molecule has 144 valence electrons. The van der Waals surface area contributed by atoms with Gasteiger partial charge < -0.3 is 14.7 Å². The van der Waals surface area contributed by atoms with Gasteiger partial charge >= 0.3 is 6.09 Å². The fourth-order valence-corrected chi connectivity index (χ4v) is 4.12. The van der Waals surface area contributed by atoms with E-state index in [1.807, 2.05) is 26.8 Å². The van der Waals surface area contributed by atoms with Gasteiger partial charge in [0, 0.05) is 25.0 Å². The Bertz CT molecular complexity index is 603. The van der Waals surface area contributed by atoms with Crippen LogP contribution in [0.1, 0.15) is 45.6 Å². The third-order valence-corrected chi connectivity index (χ3v) is 5.64. The molecule has 2 fully saturated rings. The lowest BCUT2D eigenvalue weighted by molar-refractivity contribution is -0.0816. The number of aliphatic hydroxyl groups excluding tert-OH is 1. The molecule has 0 saturated carbocycles. The Morgan fingerprint density at radius 1 is 1.19 bits per heavy atom. The summed E-state index contributed by atoms with van der Waals surface area (Å²) < 4.78 is 5.54. The number of benzene rings is 1. The number of carbonyl (C=O) groups is 1. The maximum absolute atomic E-state index is 12.5. The summed E-state index contributed by atoms with van der Waals surface area (Å²) >= 11 is 0. The highest BCUT2D eigenvalue weighted by atomic mass is 16.6. The zero-order valence-electron chi connectivity index (χ0n) is 16.3. The topological polar surface area (TPSA) is 53.0 Å². The largest absolute Gasteiger partial charge is 0.444 e. The van der Waals surface area contributed by atoms with Crippen molar-refractivity contribution < 1.29 is 14.6 Å². The first-order chi connectivity index (χ1) is 12.3. The molecule has 5 nitrogen and oxygen atoms in total. The van der Waals surface area contributed by atoms with E-state index in [2.05, 4.69) is 29.2 Å². The van der Waals surface area contributed by atoms with E-state index < -0.39 is 5.60 Å². The second kappa shape index (κ2) is 7.57. The van der Waals surface area contributed by atoms with E-state index in [4.69, 9.17) is 4.74 Å². The minimum Gasteiger partial charge on any atom is -0.444 e. The molecule has 1 aromatic carbocycles. The molecule has 0 bridgehead atoms.